The maximum absolute atomic E-state index is 12.8. The number of amides is 1. The Morgan fingerprint density at radius 3 is 2.54 bits per heavy atom. The fraction of sp³-hybridized carbons (Fsp3) is 0.607. The SMILES string of the molecule is Cc1c(CC(=O)NCC2CCC(C(=O)O)CC2)c(=O)oc2cc3c(cc12)CCC1(CCCCC1)O3. The zero-order valence-corrected chi connectivity index (χ0v) is 20.5. The molecule has 1 aromatic carbocycles. The van der Waals surface area contributed by atoms with Crippen LogP contribution in [0.25, 0.3) is 11.0 Å². The fourth-order valence-corrected chi connectivity index (χ4v) is 6.25. The second-order valence-electron chi connectivity index (χ2n) is 10.8. The summed E-state index contributed by atoms with van der Waals surface area (Å²) >= 11 is 0. The molecular weight excluding hydrogens is 446 g/mol. The van der Waals surface area contributed by atoms with Gasteiger partial charge in [0.25, 0.3) is 0 Å². The lowest BCUT2D eigenvalue weighted by atomic mass is 9.79. The average molecular weight is 482 g/mol. The van der Waals surface area contributed by atoms with E-state index in [1.165, 1.54) is 19.3 Å². The zero-order valence-electron chi connectivity index (χ0n) is 20.5. The molecule has 2 saturated carbocycles. The van der Waals surface area contributed by atoms with E-state index in [0.717, 1.165) is 60.8 Å². The Kier molecular flexibility index (Phi) is 6.60. The number of fused-ring (bicyclic) bond motifs is 2. The molecule has 1 aliphatic heterocycles. The summed E-state index contributed by atoms with van der Waals surface area (Å²) in [4.78, 5) is 36.6. The molecule has 1 spiro atoms. The van der Waals surface area contributed by atoms with E-state index in [2.05, 4.69) is 11.4 Å². The topological polar surface area (TPSA) is 106 Å². The van der Waals surface area contributed by atoms with Gasteiger partial charge in [-0.25, -0.2) is 4.79 Å². The summed E-state index contributed by atoms with van der Waals surface area (Å²) < 4.78 is 12.2. The van der Waals surface area contributed by atoms with E-state index in [0.29, 0.717) is 30.5 Å². The van der Waals surface area contributed by atoms with Crippen molar-refractivity contribution in [3.63, 3.8) is 0 Å². The molecule has 7 nitrogen and oxygen atoms in total. The summed E-state index contributed by atoms with van der Waals surface area (Å²) in [7, 11) is 0. The van der Waals surface area contributed by atoms with E-state index in [-0.39, 0.29) is 29.8 Å². The minimum absolute atomic E-state index is 0.0225. The van der Waals surface area contributed by atoms with Crippen LogP contribution in [0.4, 0.5) is 0 Å². The molecule has 188 valence electrons. The normalized spacial score (nSPS) is 23.5. The lowest BCUT2D eigenvalue weighted by Crippen LogP contribution is -2.41. The molecule has 0 saturated heterocycles. The van der Waals surface area contributed by atoms with E-state index in [9.17, 15) is 14.4 Å². The standard InChI is InChI=1S/C28H35NO6/c1-17-21-13-20-9-12-28(10-3-2-4-11-28)35-23(20)15-24(21)34-27(33)22(17)14-25(30)29-16-18-5-7-19(8-6-18)26(31)32/h13,15,18-19H,2-12,14,16H2,1H3,(H,29,30)(H,31,32). The number of aryl methyl sites for hydroxylation is 2. The molecule has 2 aromatic rings. The molecule has 2 aliphatic carbocycles. The summed E-state index contributed by atoms with van der Waals surface area (Å²) in [5.74, 6) is -0.0944. The van der Waals surface area contributed by atoms with Crippen molar-refractivity contribution in [1.29, 1.82) is 0 Å². The predicted octanol–water partition coefficient (Wildman–Crippen LogP) is 4.68. The Labute approximate surface area is 205 Å². The summed E-state index contributed by atoms with van der Waals surface area (Å²) in [5.41, 5.74) is 2.28. The number of hydrogen-bond acceptors (Lipinski definition) is 5. The van der Waals surface area contributed by atoms with Crippen molar-refractivity contribution in [1.82, 2.24) is 5.32 Å². The van der Waals surface area contributed by atoms with Crippen molar-refractivity contribution in [3.05, 3.63) is 39.2 Å². The Balaban J connectivity index is 1.28. The number of carboxylic acid groups (broad SMARTS) is 1. The van der Waals surface area contributed by atoms with E-state index in [4.69, 9.17) is 14.3 Å². The maximum atomic E-state index is 12.8. The smallest absolute Gasteiger partial charge is 0.340 e. The zero-order chi connectivity index (χ0) is 24.6. The Hall–Kier alpha value is -2.83. The third-order valence-corrected chi connectivity index (χ3v) is 8.53. The highest BCUT2D eigenvalue weighted by Gasteiger charge is 2.37. The highest BCUT2D eigenvalue weighted by molar-refractivity contribution is 5.86. The van der Waals surface area contributed by atoms with E-state index in [1.807, 2.05) is 13.0 Å². The minimum Gasteiger partial charge on any atom is -0.487 e. The average Bonchev–Trinajstić information content (AvgIpc) is 2.85. The highest BCUT2D eigenvalue weighted by atomic mass is 16.5. The molecule has 1 amide bonds. The molecule has 5 rings (SSSR count). The van der Waals surface area contributed by atoms with Crippen molar-refractivity contribution in [2.24, 2.45) is 11.8 Å². The molecule has 0 atom stereocenters. The van der Waals surface area contributed by atoms with E-state index < -0.39 is 11.6 Å². The summed E-state index contributed by atoms with van der Waals surface area (Å²) in [6, 6.07) is 3.94. The molecule has 1 aromatic heterocycles. The Morgan fingerprint density at radius 2 is 1.83 bits per heavy atom. The Morgan fingerprint density at radius 1 is 1.09 bits per heavy atom. The lowest BCUT2D eigenvalue weighted by Gasteiger charge is -2.41. The number of benzene rings is 1. The molecule has 3 aliphatic rings. The van der Waals surface area contributed by atoms with Crippen LogP contribution < -0.4 is 15.7 Å². The van der Waals surface area contributed by atoms with Crippen molar-refractivity contribution < 1.29 is 23.8 Å². The van der Waals surface area contributed by atoms with Gasteiger partial charge < -0.3 is 19.6 Å². The van der Waals surface area contributed by atoms with Crippen molar-refractivity contribution >= 4 is 22.8 Å². The van der Waals surface area contributed by atoms with Crippen LogP contribution >= 0.6 is 0 Å². The van der Waals surface area contributed by atoms with E-state index in [1.54, 1.807) is 0 Å². The first-order chi connectivity index (χ1) is 16.8. The van der Waals surface area contributed by atoms with Crippen LogP contribution in [-0.2, 0) is 22.4 Å². The third-order valence-electron chi connectivity index (χ3n) is 8.53. The molecule has 35 heavy (non-hydrogen) atoms. The second kappa shape index (κ2) is 9.67. The number of rotatable bonds is 5. The lowest BCUT2D eigenvalue weighted by molar-refractivity contribution is -0.143. The first-order valence-electron chi connectivity index (χ1n) is 13.1. The fourth-order valence-electron chi connectivity index (χ4n) is 6.25. The summed E-state index contributed by atoms with van der Waals surface area (Å²) in [6.07, 6.45) is 10.7. The maximum Gasteiger partial charge on any atom is 0.340 e. The van der Waals surface area contributed by atoms with Gasteiger partial charge in [-0.3, -0.25) is 9.59 Å². The van der Waals surface area contributed by atoms with Crippen LogP contribution in [0.2, 0.25) is 0 Å². The van der Waals surface area contributed by atoms with Crippen molar-refractivity contribution in [2.75, 3.05) is 6.54 Å². The number of carboxylic acids is 1. The van der Waals surface area contributed by atoms with Gasteiger partial charge in [0, 0.05) is 18.0 Å². The van der Waals surface area contributed by atoms with Crippen LogP contribution in [0.15, 0.2) is 21.3 Å². The first kappa shape index (κ1) is 23.9. The molecule has 2 heterocycles. The van der Waals surface area contributed by atoms with Gasteiger partial charge in [-0.15, -0.1) is 0 Å². The predicted molar refractivity (Wildman–Crippen MR) is 132 cm³/mol. The van der Waals surface area contributed by atoms with Gasteiger partial charge in [0.1, 0.15) is 16.9 Å². The molecule has 7 heteroatoms. The number of nitrogens with one attached hydrogen (secondary N) is 1. The number of carbonyl (C=O) groups excluding carboxylic acids is 1. The quantitative estimate of drug-likeness (QED) is 0.601. The van der Waals surface area contributed by atoms with E-state index >= 15 is 0 Å². The van der Waals surface area contributed by atoms with Gasteiger partial charge in [0.15, 0.2) is 0 Å². The van der Waals surface area contributed by atoms with Gasteiger partial charge >= 0.3 is 11.6 Å². The molecule has 0 bridgehead atoms. The summed E-state index contributed by atoms with van der Waals surface area (Å²) in [6.45, 7) is 2.39. The number of aliphatic carboxylic acids is 1. The third kappa shape index (κ3) is 4.95. The number of hydrogen-bond donors (Lipinski definition) is 2. The van der Waals surface area contributed by atoms with Gasteiger partial charge in [0.05, 0.1) is 17.9 Å². The molecular formula is C28H35NO6. The van der Waals surface area contributed by atoms with Crippen LogP contribution in [-0.4, -0.2) is 29.1 Å². The van der Waals surface area contributed by atoms with Gasteiger partial charge in [0.2, 0.25) is 5.91 Å². The molecule has 2 N–H and O–H groups in total. The van der Waals surface area contributed by atoms with Crippen LogP contribution in [0.1, 0.15) is 80.9 Å². The van der Waals surface area contributed by atoms with Crippen LogP contribution in [0.3, 0.4) is 0 Å². The minimum atomic E-state index is -0.729. The van der Waals surface area contributed by atoms with Crippen LogP contribution in [0, 0.1) is 18.8 Å². The first-order valence-corrected chi connectivity index (χ1v) is 13.1. The molecule has 0 unspecified atom stereocenters. The second-order valence-corrected chi connectivity index (χ2v) is 10.8. The summed E-state index contributed by atoms with van der Waals surface area (Å²) in [5, 5.41) is 12.9. The molecule has 0 radical (unpaired) electrons. The number of carbonyl (C=O) groups is 2. The largest absolute Gasteiger partial charge is 0.487 e. The van der Waals surface area contributed by atoms with Crippen LogP contribution in [0.5, 0.6) is 5.75 Å². The van der Waals surface area contributed by atoms with Gasteiger partial charge in [-0.2, -0.15) is 0 Å². The molecule has 2 fully saturated rings. The number of ether oxygens (including phenoxy) is 1. The Bertz CT molecular complexity index is 1180. The highest BCUT2D eigenvalue weighted by Crippen LogP contribution is 2.43. The van der Waals surface area contributed by atoms with Crippen molar-refractivity contribution in [2.45, 2.75) is 89.6 Å². The van der Waals surface area contributed by atoms with Crippen molar-refractivity contribution in [3.8, 4) is 5.75 Å². The monoisotopic (exact) mass is 481 g/mol. The van der Waals surface area contributed by atoms with Gasteiger partial charge in [-0.1, -0.05) is 6.42 Å². The van der Waals surface area contributed by atoms with Gasteiger partial charge in [-0.05, 0) is 94.2 Å².